The third kappa shape index (κ3) is 4.35. The SMILES string of the molecule is CC(=O)C(C)(CCCc1ccc(-c2ccc(Br)s2)cc1)S(C)(=O)=O. The lowest BCUT2D eigenvalue weighted by Gasteiger charge is -2.24. The highest BCUT2D eigenvalue weighted by Crippen LogP contribution is 2.31. The summed E-state index contributed by atoms with van der Waals surface area (Å²) in [4.78, 5) is 13.0. The average molecular weight is 429 g/mol. The minimum Gasteiger partial charge on any atom is -0.298 e. The fourth-order valence-corrected chi connectivity index (χ4v) is 4.99. The molecule has 130 valence electrons. The Morgan fingerprint density at radius 1 is 1.17 bits per heavy atom. The summed E-state index contributed by atoms with van der Waals surface area (Å²) in [6.45, 7) is 2.89. The van der Waals surface area contributed by atoms with Gasteiger partial charge in [0.05, 0.1) is 3.79 Å². The molecular weight excluding hydrogens is 408 g/mol. The first-order valence-corrected chi connectivity index (χ1v) is 11.2. The first-order valence-electron chi connectivity index (χ1n) is 7.69. The second-order valence-corrected chi connectivity index (χ2v) is 11.1. The Hall–Kier alpha value is -0.980. The van der Waals surface area contributed by atoms with Gasteiger partial charge in [-0.3, -0.25) is 4.79 Å². The molecule has 0 aliphatic carbocycles. The van der Waals surface area contributed by atoms with Gasteiger partial charge in [0.2, 0.25) is 0 Å². The molecule has 0 saturated carbocycles. The van der Waals surface area contributed by atoms with Gasteiger partial charge in [-0.25, -0.2) is 8.42 Å². The summed E-state index contributed by atoms with van der Waals surface area (Å²) in [7, 11) is -3.41. The van der Waals surface area contributed by atoms with E-state index >= 15 is 0 Å². The second-order valence-electron chi connectivity index (χ2n) is 6.21. The largest absolute Gasteiger partial charge is 0.298 e. The Balaban J connectivity index is 2.01. The molecular formula is C18H21BrO3S2. The van der Waals surface area contributed by atoms with E-state index in [0.29, 0.717) is 12.8 Å². The third-order valence-corrected chi connectivity index (χ3v) is 8.30. The number of sulfone groups is 1. The number of ketones is 1. The van der Waals surface area contributed by atoms with Gasteiger partial charge in [-0.05, 0) is 72.3 Å². The first-order chi connectivity index (χ1) is 11.1. The van der Waals surface area contributed by atoms with E-state index < -0.39 is 14.6 Å². The van der Waals surface area contributed by atoms with Crippen LogP contribution in [0.5, 0.6) is 0 Å². The van der Waals surface area contributed by atoms with E-state index in [0.717, 1.165) is 22.0 Å². The van der Waals surface area contributed by atoms with Crippen molar-refractivity contribution in [2.45, 2.75) is 37.9 Å². The van der Waals surface area contributed by atoms with E-state index in [2.05, 4.69) is 46.3 Å². The smallest absolute Gasteiger partial charge is 0.159 e. The van der Waals surface area contributed by atoms with Crippen molar-refractivity contribution >= 4 is 42.9 Å². The lowest BCUT2D eigenvalue weighted by Crippen LogP contribution is -2.41. The Bertz CT molecular complexity index is 822. The van der Waals surface area contributed by atoms with Crippen molar-refractivity contribution in [3.8, 4) is 10.4 Å². The molecule has 0 spiro atoms. The number of carbonyl (C=O) groups is 1. The molecule has 3 nitrogen and oxygen atoms in total. The van der Waals surface area contributed by atoms with Crippen LogP contribution >= 0.6 is 27.3 Å². The van der Waals surface area contributed by atoms with Crippen molar-refractivity contribution < 1.29 is 13.2 Å². The lowest BCUT2D eigenvalue weighted by molar-refractivity contribution is -0.119. The highest BCUT2D eigenvalue weighted by molar-refractivity contribution is 9.11. The second kappa shape index (κ2) is 7.50. The molecule has 2 aromatic rings. The van der Waals surface area contributed by atoms with Gasteiger partial charge in [-0.1, -0.05) is 24.3 Å². The minimum atomic E-state index is -3.41. The number of hydrogen-bond donors (Lipinski definition) is 0. The molecule has 1 unspecified atom stereocenters. The summed E-state index contributed by atoms with van der Waals surface area (Å²) in [5.74, 6) is -0.288. The van der Waals surface area contributed by atoms with Gasteiger partial charge in [-0.15, -0.1) is 11.3 Å². The molecule has 0 amide bonds. The highest BCUT2D eigenvalue weighted by atomic mass is 79.9. The van der Waals surface area contributed by atoms with Crippen LogP contribution in [0.4, 0.5) is 0 Å². The number of benzene rings is 1. The predicted molar refractivity (Wildman–Crippen MR) is 104 cm³/mol. The van der Waals surface area contributed by atoms with Crippen molar-refractivity contribution in [2.75, 3.05) is 6.26 Å². The van der Waals surface area contributed by atoms with Gasteiger partial charge in [0.15, 0.2) is 15.6 Å². The van der Waals surface area contributed by atoms with E-state index in [4.69, 9.17) is 0 Å². The zero-order chi connectivity index (χ0) is 18.0. The molecule has 0 bridgehead atoms. The van der Waals surface area contributed by atoms with Crippen LogP contribution in [0.2, 0.25) is 0 Å². The zero-order valence-electron chi connectivity index (χ0n) is 14.0. The minimum absolute atomic E-state index is 0.288. The summed E-state index contributed by atoms with van der Waals surface area (Å²) < 4.78 is 23.7. The predicted octanol–water partition coefficient (Wildman–Crippen LogP) is 4.89. The maximum Gasteiger partial charge on any atom is 0.159 e. The fraction of sp³-hybridized carbons (Fsp3) is 0.389. The molecule has 0 aliphatic rings. The summed E-state index contributed by atoms with van der Waals surface area (Å²) >= 11 is 5.15. The van der Waals surface area contributed by atoms with E-state index in [1.807, 2.05) is 6.07 Å². The molecule has 0 aliphatic heterocycles. The molecule has 1 atom stereocenters. The lowest BCUT2D eigenvalue weighted by atomic mass is 9.97. The molecule has 1 aromatic heterocycles. The molecule has 0 fully saturated rings. The molecule has 0 saturated heterocycles. The quantitative estimate of drug-likeness (QED) is 0.630. The molecule has 0 radical (unpaired) electrons. The Morgan fingerprint density at radius 2 is 1.79 bits per heavy atom. The van der Waals surface area contributed by atoms with Crippen LogP contribution in [0.15, 0.2) is 40.2 Å². The van der Waals surface area contributed by atoms with E-state index in [9.17, 15) is 13.2 Å². The maximum absolute atomic E-state index is 11.9. The van der Waals surface area contributed by atoms with Crippen molar-refractivity contribution in [3.63, 3.8) is 0 Å². The van der Waals surface area contributed by atoms with Gasteiger partial charge in [-0.2, -0.15) is 0 Å². The van der Waals surface area contributed by atoms with Crippen LogP contribution in [-0.4, -0.2) is 25.2 Å². The van der Waals surface area contributed by atoms with Gasteiger partial charge in [0, 0.05) is 11.1 Å². The number of thiophene rings is 1. The van der Waals surface area contributed by atoms with Crippen LogP contribution in [0, 0.1) is 0 Å². The van der Waals surface area contributed by atoms with Crippen molar-refractivity contribution in [3.05, 3.63) is 45.7 Å². The number of hydrogen-bond acceptors (Lipinski definition) is 4. The first kappa shape index (κ1) is 19.3. The van der Waals surface area contributed by atoms with Gasteiger partial charge in [0.25, 0.3) is 0 Å². The Labute approximate surface area is 156 Å². The molecule has 1 aromatic carbocycles. The fourth-order valence-electron chi connectivity index (χ4n) is 2.56. The van der Waals surface area contributed by atoms with Gasteiger partial charge < -0.3 is 0 Å². The topological polar surface area (TPSA) is 51.2 Å². The highest BCUT2D eigenvalue weighted by Gasteiger charge is 2.39. The van der Waals surface area contributed by atoms with Crippen LogP contribution in [0.3, 0.4) is 0 Å². The van der Waals surface area contributed by atoms with Crippen LogP contribution in [0.25, 0.3) is 10.4 Å². The number of Topliss-reactive ketones (excluding diaryl/α,β-unsaturated/α-hetero) is 1. The normalized spacial score (nSPS) is 14.3. The van der Waals surface area contributed by atoms with Crippen molar-refractivity contribution in [1.82, 2.24) is 0 Å². The van der Waals surface area contributed by atoms with E-state index in [-0.39, 0.29) is 5.78 Å². The van der Waals surface area contributed by atoms with Crippen LogP contribution in [-0.2, 0) is 21.1 Å². The Kier molecular flexibility index (Phi) is 6.04. The number of halogens is 1. The average Bonchev–Trinajstić information content (AvgIpc) is 2.93. The summed E-state index contributed by atoms with van der Waals surface area (Å²) in [5.41, 5.74) is 2.31. The summed E-state index contributed by atoms with van der Waals surface area (Å²) in [6.07, 6.45) is 2.91. The van der Waals surface area contributed by atoms with Crippen LogP contribution < -0.4 is 0 Å². The third-order valence-electron chi connectivity index (χ3n) is 4.49. The van der Waals surface area contributed by atoms with Gasteiger partial charge in [0.1, 0.15) is 4.75 Å². The molecule has 0 N–H and O–H groups in total. The molecule has 24 heavy (non-hydrogen) atoms. The summed E-state index contributed by atoms with van der Waals surface area (Å²) in [6, 6.07) is 12.4. The molecule has 2 rings (SSSR count). The van der Waals surface area contributed by atoms with E-state index in [1.165, 1.54) is 24.3 Å². The number of rotatable bonds is 7. The summed E-state index contributed by atoms with van der Waals surface area (Å²) in [5, 5.41) is 0. The zero-order valence-corrected chi connectivity index (χ0v) is 17.2. The number of carbonyl (C=O) groups excluding carboxylic acids is 1. The van der Waals surface area contributed by atoms with Crippen LogP contribution in [0.1, 0.15) is 32.3 Å². The van der Waals surface area contributed by atoms with Crippen molar-refractivity contribution in [2.24, 2.45) is 0 Å². The molecule has 1 heterocycles. The Morgan fingerprint density at radius 3 is 2.25 bits per heavy atom. The maximum atomic E-state index is 11.9. The molecule has 6 heteroatoms. The standard InChI is InChI=1S/C18H21BrO3S2/c1-13(20)18(2,24(3,21)22)12-4-5-14-6-8-15(9-7-14)16-10-11-17(19)23-16/h6-11H,4-5,12H2,1-3H3. The van der Waals surface area contributed by atoms with Crippen molar-refractivity contribution in [1.29, 1.82) is 0 Å². The number of aryl methyl sites for hydroxylation is 1. The monoisotopic (exact) mass is 428 g/mol. The van der Waals surface area contributed by atoms with E-state index in [1.54, 1.807) is 11.3 Å². The van der Waals surface area contributed by atoms with Gasteiger partial charge >= 0.3 is 0 Å².